The van der Waals surface area contributed by atoms with Gasteiger partial charge in [0.15, 0.2) is 0 Å². The lowest BCUT2D eigenvalue weighted by atomic mass is 9.85. The Hall–Kier alpha value is -2.97. The highest BCUT2D eigenvalue weighted by atomic mass is 79.9. The Bertz CT molecular complexity index is 1110. The third kappa shape index (κ3) is 5.18. The molecule has 2 aromatic rings. The maximum absolute atomic E-state index is 13.6. The van der Waals surface area contributed by atoms with Gasteiger partial charge >= 0.3 is 6.03 Å². The number of carbonyl (C=O) groups is 3. The molecule has 2 aromatic carbocycles. The molecule has 8 heteroatoms. The van der Waals surface area contributed by atoms with E-state index >= 15 is 0 Å². The fraction of sp³-hybridized carbons (Fsp3) is 0.333. The van der Waals surface area contributed by atoms with Gasteiger partial charge in [0, 0.05) is 29.7 Å². The molecule has 2 aliphatic rings. The summed E-state index contributed by atoms with van der Waals surface area (Å²) in [5.74, 6) is -0.551. The zero-order chi connectivity index (χ0) is 25.0. The molecule has 2 aliphatic heterocycles. The summed E-state index contributed by atoms with van der Waals surface area (Å²) in [6.45, 7) is 6.64. The molecule has 0 unspecified atom stereocenters. The van der Waals surface area contributed by atoms with E-state index in [1.165, 1.54) is 4.90 Å². The molecule has 4 amide bonds. The number of hydrogen-bond donors (Lipinski definition) is 1. The van der Waals surface area contributed by atoms with Crippen molar-refractivity contribution < 1.29 is 14.4 Å². The average molecular weight is 538 g/mol. The van der Waals surface area contributed by atoms with Crippen molar-refractivity contribution in [1.29, 1.82) is 0 Å². The van der Waals surface area contributed by atoms with E-state index in [-0.39, 0.29) is 18.5 Å². The molecule has 0 bridgehead atoms. The standard InChI is InChI=1S/C27H30BrN4O3/c1-2-15-32-26(35)31(19-20-9-11-22(28)12-10-20)25(34)27(32)13-17-30(18-14-27)16-5-7-21-6-3-4-8-23(21)24(29)33/h2-4,6-12H,1,5,13-19H2,(H2,29,33). The lowest BCUT2D eigenvalue weighted by Gasteiger charge is -2.42. The lowest BCUT2D eigenvalue weighted by molar-refractivity contribution is -0.135. The minimum atomic E-state index is -0.820. The summed E-state index contributed by atoms with van der Waals surface area (Å²) >= 11 is 3.42. The van der Waals surface area contributed by atoms with Gasteiger partial charge in [0.1, 0.15) is 5.54 Å². The SMILES string of the molecule is C=CCN1C(=O)N(Cc2ccc(Br)cc2)C(=O)C12CCN(CC[CH]c1ccccc1C(N)=O)CC2. The molecular weight excluding hydrogens is 508 g/mol. The molecule has 0 aliphatic carbocycles. The van der Waals surface area contributed by atoms with Crippen molar-refractivity contribution in [2.45, 2.75) is 31.3 Å². The molecular formula is C27H30BrN4O3. The first kappa shape index (κ1) is 25.1. The van der Waals surface area contributed by atoms with E-state index in [9.17, 15) is 14.4 Å². The van der Waals surface area contributed by atoms with Crippen molar-refractivity contribution in [3.63, 3.8) is 0 Å². The summed E-state index contributed by atoms with van der Waals surface area (Å²) in [5.41, 5.74) is 6.93. The normalized spacial score (nSPS) is 17.9. The number of urea groups is 1. The van der Waals surface area contributed by atoms with Crippen molar-refractivity contribution in [2.75, 3.05) is 26.2 Å². The van der Waals surface area contributed by atoms with Crippen LogP contribution in [0.5, 0.6) is 0 Å². The zero-order valence-electron chi connectivity index (χ0n) is 19.7. The highest BCUT2D eigenvalue weighted by molar-refractivity contribution is 9.10. The van der Waals surface area contributed by atoms with Crippen LogP contribution in [0.25, 0.3) is 0 Å². The number of nitrogens with two attached hydrogens (primary N) is 1. The van der Waals surface area contributed by atoms with Crippen LogP contribution in [0.15, 0.2) is 65.7 Å². The van der Waals surface area contributed by atoms with Gasteiger partial charge in [-0.3, -0.25) is 14.5 Å². The highest BCUT2D eigenvalue weighted by Gasteiger charge is 2.57. The average Bonchev–Trinajstić information content (AvgIpc) is 3.04. The minimum Gasteiger partial charge on any atom is -0.366 e. The van der Waals surface area contributed by atoms with Gasteiger partial charge in [0.05, 0.1) is 6.54 Å². The number of rotatable bonds is 9. The van der Waals surface area contributed by atoms with Crippen molar-refractivity contribution in [3.8, 4) is 0 Å². The van der Waals surface area contributed by atoms with Crippen LogP contribution in [0.4, 0.5) is 4.79 Å². The second-order valence-corrected chi connectivity index (χ2v) is 9.93. The summed E-state index contributed by atoms with van der Waals surface area (Å²) in [6.07, 6.45) is 5.64. The smallest absolute Gasteiger partial charge is 0.328 e. The number of amides is 4. The van der Waals surface area contributed by atoms with Crippen LogP contribution in [0.2, 0.25) is 0 Å². The molecule has 35 heavy (non-hydrogen) atoms. The van der Waals surface area contributed by atoms with Gasteiger partial charge in [0.2, 0.25) is 5.91 Å². The van der Waals surface area contributed by atoms with Crippen LogP contribution >= 0.6 is 15.9 Å². The predicted octanol–water partition coefficient (Wildman–Crippen LogP) is 3.98. The largest absolute Gasteiger partial charge is 0.366 e. The number of halogens is 1. The Labute approximate surface area is 214 Å². The number of benzene rings is 2. The van der Waals surface area contributed by atoms with Gasteiger partial charge in [-0.15, -0.1) is 6.58 Å². The Morgan fingerprint density at radius 3 is 2.43 bits per heavy atom. The van der Waals surface area contributed by atoms with Crippen LogP contribution in [0, 0.1) is 6.42 Å². The quantitative estimate of drug-likeness (QED) is 0.387. The summed E-state index contributed by atoms with van der Waals surface area (Å²) < 4.78 is 0.952. The summed E-state index contributed by atoms with van der Waals surface area (Å²) in [6, 6.07) is 14.7. The van der Waals surface area contributed by atoms with Gasteiger partial charge in [-0.05, 0) is 61.6 Å². The first-order valence-corrected chi connectivity index (χ1v) is 12.6. The third-order valence-electron chi connectivity index (χ3n) is 6.91. The van der Waals surface area contributed by atoms with E-state index in [1.54, 1.807) is 23.1 Å². The van der Waals surface area contributed by atoms with Crippen LogP contribution in [0.3, 0.4) is 0 Å². The monoisotopic (exact) mass is 537 g/mol. The van der Waals surface area contributed by atoms with Crippen LogP contribution < -0.4 is 5.73 Å². The second-order valence-electron chi connectivity index (χ2n) is 9.02. The van der Waals surface area contributed by atoms with Crippen molar-refractivity contribution >= 4 is 33.8 Å². The number of nitrogens with zero attached hydrogens (tertiary/aromatic N) is 3. The number of likely N-dealkylation sites (tertiary alicyclic amines) is 1. The lowest BCUT2D eigenvalue weighted by Crippen LogP contribution is -2.56. The van der Waals surface area contributed by atoms with E-state index in [2.05, 4.69) is 27.4 Å². The fourth-order valence-corrected chi connectivity index (χ4v) is 5.27. The van der Waals surface area contributed by atoms with E-state index < -0.39 is 11.4 Å². The van der Waals surface area contributed by atoms with Gasteiger partial charge in [-0.2, -0.15) is 0 Å². The predicted molar refractivity (Wildman–Crippen MR) is 138 cm³/mol. The number of hydrogen-bond acceptors (Lipinski definition) is 4. The molecule has 183 valence electrons. The molecule has 1 spiro atoms. The molecule has 4 rings (SSSR count). The number of imide groups is 1. The van der Waals surface area contributed by atoms with E-state index in [0.29, 0.717) is 38.0 Å². The van der Waals surface area contributed by atoms with Gasteiger partial charge in [0.25, 0.3) is 5.91 Å². The molecule has 0 saturated carbocycles. The van der Waals surface area contributed by atoms with Crippen molar-refractivity contribution in [3.05, 3.63) is 88.8 Å². The third-order valence-corrected chi connectivity index (χ3v) is 7.44. The summed E-state index contributed by atoms with van der Waals surface area (Å²) in [4.78, 5) is 43.9. The maximum Gasteiger partial charge on any atom is 0.328 e. The second kappa shape index (κ2) is 10.7. The zero-order valence-corrected chi connectivity index (χ0v) is 21.2. The van der Waals surface area contributed by atoms with Crippen molar-refractivity contribution in [2.24, 2.45) is 5.73 Å². The minimum absolute atomic E-state index is 0.117. The Kier molecular flexibility index (Phi) is 7.72. The van der Waals surface area contributed by atoms with E-state index in [4.69, 9.17) is 5.73 Å². The molecule has 2 saturated heterocycles. The molecule has 1 radical (unpaired) electrons. The first-order chi connectivity index (χ1) is 16.9. The Balaban J connectivity index is 1.39. The number of carbonyl (C=O) groups excluding carboxylic acids is 3. The van der Waals surface area contributed by atoms with E-state index in [1.807, 2.05) is 42.8 Å². The Morgan fingerprint density at radius 1 is 1.09 bits per heavy atom. The maximum atomic E-state index is 13.6. The first-order valence-electron chi connectivity index (χ1n) is 11.8. The highest BCUT2D eigenvalue weighted by Crippen LogP contribution is 2.38. The molecule has 7 nitrogen and oxygen atoms in total. The van der Waals surface area contributed by atoms with E-state index in [0.717, 1.165) is 28.6 Å². The summed E-state index contributed by atoms with van der Waals surface area (Å²) in [7, 11) is 0. The molecule has 2 N–H and O–H groups in total. The van der Waals surface area contributed by atoms with Gasteiger partial charge in [-0.1, -0.05) is 52.3 Å². The topological polar surface area (TPSA) is 87.0 Å². The number of piperidine rings is 1. The molecule has 0 atom stereocenters. The molecule has 2 fully saturated rings. The van der Waals surface area contributed by atoms with Gasteiger partial charge < -0.3 is 15.5 Å². The fourth-order valence-electron chi connectivity index (χ4n) is 5.01. The number of primary amides is 1. The van der Waals surface area contributed by atoms with Crippen molar-refractivity contribution in [1.82, 2.24) is 14.7 Å². The molecule has 2 heterocycles. The van der Waals surface area contributed by atoms with Crippen LogP contribution in [0.1, 0.15) is 40.7 Å². The summed E-state index contributed by atoms with van der Waals surface area (Å²) in [5, 5.41) is 0. The van der Waals surface area contributed by atoms with Crippen LogP contribution in [-0.2, 0) is 11.3 Å². The Morgan fingerprint density at radius 2 is 1.77 bits per heavy atom. The van der Waals surface area contributed by atoms with Gasteiger partial charge in [-0.25, -0.2) is 4.79 Å². The van der Waals surface area contributed by atoms with Crippen LogP contribution in [-0.4, -0.2) is 64.3 Å². The molecule has 0 aromatic heterocycles.